The van der Waals surface area contributed by atoms with Crippen molar-refractivity contribution in [1.29, 1.82) is 0 Å². The minimum absolute atomic E-state index is 0.00450. The summed E-state index contributed by atoms with van der Waals surface area (Å²) >= 11 is 6.19. The van der Waals surface area contributed by atoms with Crippen LogP contribution in [-0.2, 0) is 17.6 Å². The van der Waals surface area contributed by atoms with Gasteiger partial charge in [0.1, 0.15) is 0 Å². The third kappa shape index (κ3) is 3.60. The van der Waals surface area contributed by atoms with Crippen LogP contribution in [-0.4, -0.2) is 17.0 Å². The maximum atomic E-state index is 12.2. The fourth-order valence-corrected chi connectivity index (χ4v) is 3.37. The minimum Gasteiger partial charge on any atom is -0.478 e. The topological polar surface area (TPSA) is 66.4 Å². The van der Waals surface area contributed by atoms with Crippen LogP contribution in [0.2, 0.25) is 5.02 Å². The highest BCUT2D eigenvalue weighted by Crippen LogP contribution is 2.35. The Bertz CT molecular complexity index is 771. The fraction of sp³-hybridized carbons (Fsp3) is 0.263. The van der Waals surface area contributed by atoms with E-state index in [9.17, 15) is 9.59 Å². The maximum Gasteiger partial charge on any atom is 0.335 e. The Hall–Kier alpha value is -2.33. The summed E-state index contributed by atoms with van der Waals surface area (Å²) in [4.78, 5) is 23.0. The zero-order valence-corrected chi connectivity index (χ0v) is 13.8. The quantitative estimate of drug-likeness (QED) is 0.868. The second kappa shape index (κ2) is 7.05. The van der Waals surface area contributed by atoms with Crippen LogP contribution in [0.25, 0.3) is 0 Å². The summed E-state index contributed by atoms with van der Waals surface area (Å²) in [7, 11) is 0. The number of carboxylic acid groups (broad SMARTS) is 1. The molecule has 0 bridgehead atoms. The van der Waals surface area contributed by atoms with Gasteiger partial charge < -0.3 is 10.4 Å². The van der Waals surface area contributed by atoms with E-state index in [1.54, 1.807) is 24.3 Å². The van der Waals surface area contributed by atoms with Crippen molar-refractivity contribution in [3.05, 3.63) is 69.7 Å². The number of fused-ring (bicyclic) bond motifs is 1. The number of hydrogen-bond donors (Lipinski definition) is 2. The van der Waals surface area contributed by atoms with Crippen LogP contribution in [0.4, 0.5) is 0 Å². The molecule has 2 aromatic carbocycles. The highest BCUT2D eigenvalue weighted by molar-refractivity contribution is 6.31. The first-order chi connectivity index (χ1) is 11.5. The van der Waals surface area contributed by atoms with Crippen molar-refractivity contribution in [2.45, 2.75) is 31.7 Å². The van der Waals surface area contributed by atoms with E-state index in [0.29, 0.717) is 12.8 Å². The van der Waals surface area contributed by atoms with Gasteiger partial charge in [-0.3, -0.25) is 4.79 Å². The van der Waals surface area contributed by atoms with E-state index in [1.165, 1.54) is 0 Å². The summed E-state index contributed by atoms with van der Waals surface area (Å²) in [6.45, 7) is 0. The molecule has 2 N–H and O–H groups in total. The van der Waals surface area contributed by atoms with Crippen LogP contribution in [0, 0.1) is 0 Å². The van der Waals surface area contributed by atoms with Crippen molar-refractivity contribution >= 4 is 23.5 Å². The second-order valence-electron chi connectivity index (χ2n) is 5.97. The fourth-order valence-electron chi connectivity index (χ4n) is 3.10. The van der Waals surface area contributed by atoms with Crippen LogP contribution in [0.15, 0.2) is 42.5 Å². The van der Waals surface area contributed by atoms with E-state index in [4.69, 9.17) is 16.7 Å². The number of aryl methyl sites for hydroxylation is 1. The Morgan fingerprint density at radius 3 is 2.62 bits per heavy atom. The summed E-state index contributed by atoms with van der Waals surface area (Å²) < 4.78 is 0. The normalized spacial score (nSPS) is 15.8. The smallest absolute Gasteiger partial charge is 0.335 e. The number of halogens is 1. The minimum atomic E-state index is -0.946. The predicted octanol–water partition coefficient (Wildman–Crippen LogP) is 3.77. The van der Waals surface area contributed by atoms with E-state index >= 15 is 0 Å². The molecule has 0 saturated carbocycles. The van der Waals surface area contributed by atoms with Gasteiger partial charge in [-0.05, 0) is 54.2 Å². The summed E-state index contributed by atoms with van der Waals surface area (Å²) in [5, 5.41) is 12.7. The third-order valence-corrected chi connectivity index (χ3v) is 4.74. The molecule has 124 valence electrons. The highest BCUT2D eigenvalue weighted by atomic mass is 35.5. The summed E-state index contributed by atoms with van der Waals surface area (Å²) in [6.07, 6.45) is 2.72. The zero-order valence-electron chi connectivity index (χ0n) is 13.1. The first-order valence-corrected chi connectivity index (χ1v) is 8.31. The van der Waals surface area contributed by atoms with Gasteiger partial charge in [-0.1, -0.05) is 35.9 Å². The van der Waals surface area contributed by atoms with Gasteiger partial charge in [0.15, 0.2) is 0 Å². The molecule has 4 nitrogen and oxygen atoms in total. The van der Waals surface area contributed by atoms with Gasteiger partial charge in [0.05, 0.1) is 11.6 Å². The van der Waals surface area contributed by atoms with Gasteiger partial charge in [-0.2, -0.15) is 0 Å². The van der Waals surface area contributed by atoms with Crippen LogP contribution >= 0.6 is 11.6 Å². The van der Waals surface area contributed by atoms with Gasteiger partial charge in [-0.15, -0.1) is 0 Å². The van der Waals surface area contributed by atoms with Gasteiger partial charge in [-0.25, -0.2) is 4.79 Å². The summed E-state index contributed by atoms with van der Waals surface area (Å²) in [5.74, 6) is -0.951. The Kier molecular flexibility index (Phi) is 4.86. The van der Waals surface area contributed by atoms with E-state index in [-0.39, 0.29) is 17.5 Å². The monoisotopic (exact) mass is 343 g/mol. The van der Waals surface area contributed by atoms with Gasteiger partial charge in [0.2, 0.25) is 5.91 Å². The molecule has 1 aliphatic carbocycles. The lowest BCUT2D eigenvalue weighted by molar-refractivity contribution is -0.121. The van der Waals surface area contributed by atoms with Crippen molar-refractivity contribution in [1.82, 2.24) is 5.32 Å². The third-order valence-electron chi connectivity index (χ3n) is 4.39. The molecule has 0 spiro atoms. The Morgan fingerprint density at radius 2 is 1.92 bits per heavy atom. The molecule has 0 saturated heterocycles. The van der Waals surface area contributed by atoms with Crippen LogP contribution in [0.1, 0.15) is 45.9 Å². The molecule has 5 heteroatoms. The molecule has 0 fully saturated rings. The SMILES string of the molecule is O=C(CCc1ccc(C(=O)O)cc1)NC1CCc2c(Cl)cccc21. The number of amides is 1. The van der Waals surface area contributed by atoms with E-state index in [2.05, 4.69) is 5.32 Å². The van der Waals surface area contributed by atoms with Crippen molar-refractivity contribution in [3.63, 3.8) is 0 Å². The van der Waals surface area contributed by atoms with Crippen LogP contribution in [0.3, 0.4) is 0 Å². The number of hydrogen-bond acceptors (Lipinski definition) is 2. The molecular formula is C19H18ClNO3. The molecule has 0 radical (unpaired) electrons. The molecule has 1 amide bonds. The van der Waals surface area contributed by atoms with Gasteiger partial charge in [0, 0.05) is 11.4 Å². The first kappa shape index (κ1) is 16.5. The Balaban J connectivity index is 1.56. The Morgan fingerprint density at radius 1 is 1.17 bits per heavy atom. The van der Waals surface area contributed by atoms with E-state index < -0.39 is 5.97 Å². The molecule has 0 aromatic heterocycles. The molecule has 1 aliphatic rings. The molecule has 0 heterocycles. The summed E-state index contributed by atoms with van der Waals surface area (Å²) in [5.41, 5.74) is 3.45. The largest absolute Gasteiger partial charge is 0.478 e. The van der Waals surface area contributed by atoms with Crippen molar-refractivity contribution in [3.8, 4) is 0 Å². The number of carbonyl (C=O) groups is 2. The molecule has 1 unspecified atom stereocenters. The molecule has 1 atom stereocenters. The van der Waals surface area contributed by atoms with Gasteiger partial charge >= 0.3 is 5.97 Å². The lowest BCUT2D eigenvalue weighted by Crippen LogP contribution is -2.27. The zero-order chi connectivity index (χ0) is 17.1. The molecule has 2 aromatic rings. The molecule has 0 aliphatic heterocycles. The van der Waals surface area contributed by atoms with E-state index in [0.717, 1.165) is 34.6 Å². The average Bonchev–Trinajstić information content (AvgIpc) is 2.98. The predicted molar refractivity (Wildman–Crippen MR) is 92.4 cm³/mol. The maximum absolute atomic E-state index is 12.2. The standard InChI is InChI=1S/C19H18ClNO3/c20-16-3-1-2-15-14(16)9-10-17(15)21-18(22)11-6-12-4-7-13(8-5-12)19(23)24/h1-5,7-8,17H,6,9-11H2,(H,21,22)(H,23,24). The number of carbonyl (C=O) groups excluding carboxylic acids is 1. The number of aromatic carboxylic acids is 1. The van der Waals surface area contributed by atoms with Gasteiger partial charge in [0.25, 0.3) is 0 Å². The number of carboxylic acids is 1. The summed E-state index contributed by atoms with van der Waals surface area (Å²) in [6, 6.07) is 12.5. The molecular weight excluding hydrogens is 326 g/mol. The van der Waals surface area contributed by atoms with Crippen molar-refractivity contribution < 1.29 is 14.7 Å². The van der Waals surface area contributed by atoms with E-state index in [1.807, 2.05) is 18.2 Å². The van der Waals surface area contributed by atoms with Crippen LogP contribution in [0.5, 0.6) is 0 Å². The lowest BCUT2D eigenvalue weighted by Gasteiger charge is -2.14. The molecule has 3 rings (SSSR count). The van der Waals surface area contributed by atoms with Crippen LogP contribution < -0.4 is 5.32 Å². The number of rotatable bonds is 5. The first-order valence-electron chi connectivity index (χ1n) is 7.93. The number of benzene rings is 2. The lowest BCUT2D eigenvalue weighted by atomic mass is 10.1. The molecule has 24 heavy (non-hydrogen) atoms. The Labute approximate surface area is 145 Å². The second-order valence-corrected chi connectivity index (χ2v) is 6.38. The van der Waals surface area contributed by atoms with Crippen molar-refractivity contribution in [2.75, 3.05) is 0 Å². The van der Waals surface area contributed by atoms with Crippen molar-refractivity contribution in [2.24, 2.45) is 0 Å². The highest BCUT2D eigenvalue weighted by Gasteiger charge is 2.25. The average molecular weight is 344 g/mol. The number of nitrogens with one attached hydrogen (secondary N) is 1.